The monoisotopic (exact) mass is 324 g/mol. The second-order valence-electron chi connectivity index (χ2n) is 4.47. The first-order chi connectivity index (χ1) is 10.7. The Bertz CT molecular complexity index is 727. The van der Waals surface area contributed by atoms with Crippen molar-refractivity contribution < 1.29 is 27.5 Å². The maximum atomic E-state index is 12.1. The summed E-state index contributed by atoms with van der Waals surface area (Å²) in [5.74, 6) is -1.62. The summed E-state index contributed by atoms with van der Waals surface area (Å²) in [6, 6.07) is 10.4. The molecular weight excluding hydrogens is 313 g/mol. The topological polar surface area (TPSA) is 81.4 Å². The number of nitrogens with one attached hydrogen (secondary N) is 1. The molecule has 2 rings (SSSR count). The van der Waals surface area contributed by atoms with Crippen LogP contribution >= 0.6 is 0 Å². The number of carbonyl (C=O) groups is 2. The van der Waals surface area contributed by atoms with E-state index in [1.807, 2.05) is 0 Å². The third kappa shape index (κ3) is 4.73. The van der Waals surface area contributed by atoms with Crippen LogP contribution in [-0.2, 0) is 0 Å². The van der Waals surface area contributed by atoms with Crippen molar-refractivity contribution in [2.75, 3.05) is 5.32 Å². The first-order valence-electron chi connectivity index (χ1n) is 6.31. The van der Waals surface area contributed by atoms with Gasteiger partial charge in [0.25, 0.3) is 5.91 Å². The summed E-state index contributed by atoms with van der Waals surface area (Å²) in [6.07, 6.45) is -4.79. The molecule has 0 aliphatic rings. The van der Waals surface area contributed by atoms with Crippen LogP contribution in [-0.4, -0.2) is 18.2 Å². The van der Waals surface area contributed by atoms with E-state index in [1.165, 1.54) is 30.3 Å². The molecule has 2 aromatic carbocycles. The van der Waals surface area contributed by atoms with Crippen LogP contribution in [0.3, 0.4) is 0 Å². The molecule has 120 valence electrons. The largest absolute Gasteiger partial charge is 0.573 e. The van der Waals surface area contributed by atoms with Crippen molar-refractivity contribution in [1.82, 2.24) is 0 Å². The highest BCUT2D eigenvalue weighted by Crippen LogP contribution is 2.23. The summed E-state index contributed by atoms with van der Waals surface area (Å²) in [5, 5.41) is 2.51. The Morgan fingerprint density at radius 1 is 1.00 bits per heavy atom. The third-order valence-corrected chi connectivity index (χ3v) is 2.76. The first-order valence-corrected chi connectivity index (χ1v) is 6.31. The van der Waals surface area contributed by atoms with E-state index in [9.17, 15) is 22.8 Å². The van der Waals surface area contributed by atoms with E-state index < -0.39 is 23.9 Å². The molecule has 0 fully saturated rings. The lowest BCUT2D eigenvalue weighted by Gasteiger charge is -2.10. The maximum absolute atomic E-state index is 12.1. The molecule has 3 N–H and O–H groups in total. The van der Waals surface area contributed by atoms with Crippen molar-refractivity contribution in [1.29, 1.82) is 0 Å². The molecule has 0 aliphatic heterocycles. The fourth-order valence-corrected chi connectivity index (χ4v) is 1.76. The van der Waals surface area contributed by atoms with Crippen molar-refractivity contribution >= 4 is 17.5 Å². The summed E-state index contributed by atoms with van der Waals surface area (Å²) in [6.45, 7) is 0. The molecule has 0 bridgehead atoms. The van der Waals surface area contributed by atoms with Gasteiger partial charge in [0.2, 0.25) is 5.91 Å². The van der Waals surface area contributed by atoms with Gasteiger partial charge < -0.3 is 15.8 Å². The zero-order valence-corrected chi connectivity index (χ0v) is 11.6. The Kier molecular flexibility index (Phi) is 4.54. The number of alkyl halides is 3. The molecular formula is C15H11F3N2O3. The molecule has 0 saturated carbocycles. The quantitative estimate of drug-likeness (QED) is 0.907. The van der Waals surface area contributed by atoms with Gasteiger partial charge in [-0.15, -0.1) is 13.2 Å². The van der Waals surface area contributed by atoms with Gasteiger partial charge in [-0.3, -0.25) is 9.59 Å². The number of hydrogen-bond acceptors (Lipinski definition) is 3. The van der Waals surface area contributed by atoms with Gasteiger partial charge in [-0.1, -0.05) is 6.07 Å². The van der Waals surface area contributed by atoms with Gasteiger partial charge in [0.15, 0.2) is 0 Å². The molecule has 2 amide bonds. The molecule has 23 heavy (non-hydrogen) atoms. The predicted molar refractivity (Wildman–Crippen MR) is 76.0 cm³/mol. The van der Waals surface area contributed by atoms with Crippen LogP contribution in [0, 0.1) is 0 Å². The minimum Gasteiger partial charge on any atom is -0.406 e. The number of primary amides is 1. The van der Waals surface area contributed by atoms with E-state index in [4.69, 9.17) is 5.73 Å². The molecule has 5 nitrogen and oxygen atoms in total. The van der Waals surface area contributed by atoms with Crippen molar-refractivity contribution in [3.63, 3.8) is 0 Å². The van der Waals surface area contributed by atoms with Gasteiger partial charge in [0.1, 0.15) is 5.75 Å². The number of halogens is 3. The van der Waals surface area contributed by atoms with Crippen LogP contribution in [0.1, 0.15) is 20.7 Å². The first kappa shape index (κ1) is 16.3. The van der Waals surface area contributed by atoms with Gasteiger partial charge in [-0.05, 0) is 42.5 Å². The van der Waals surface area contributed by atoms with E-state index in [2.05, 4.69) is 10.1 Å². The van der Waals surface area contributed by atoms with E-state index >= 15 is 0 Å². The van der Waals surface area contributed by atoms with Crippen molar-refractivity contribution in [3.8, 4) is 5.75 Å². The van der Waals surface area contributed by atoms with Crippen molar-refractivity contribution in [3.05, 3.63) is 59.7 Å². The molecule has 0 radical (unpaired) electrons. The Morgan fingerprint density at radius 2 is 1.65 bits per heavy atom. The summed E-state index contributed by atoms with van der Waals surface area (Å²) in [7, 11) is 0. The average molecular weight is 324 g/mol. The molecule has 0 aliphatic carbocycles. The Morgan fingerprint density at radius 3 is 2.22 bits per heavy atom. The van der Waals surface area contributed by atoms with Crippen LogP contribution in [0.2, 0.25) is 0 Å². The van der Waals surface area contributed by atoms with Crippen molar-refractivity contribution in [2.24, 2.45) is 5.73 Å². The number of hydrogen-bond donors (Lipinski definition) is 2. The van der Waals surface area contributed by atoms with E-state index in [1.54, 1.807) is 6.07 Å². The number of anilines is 1. The smallest absolute Gasteiger partial charge is 0.406 e. The zero-order valence-electron chi connectivity index (χ0n) is 11.6. The molecule has 0 unspecified atom stereocenters. The standard InChI is InChI=1S/C15H11F3N2O3/c16-15(17,18)23-12-6-4-9(5-7-12)14(22)20-11-3-1-2-10(8-11)13(19)21/h1-8H,(H2,19,21)(H,20,22). The van der Waals surface area contributed by atoms with E-state index in [0.29, 0.717) is 5.69 Å². The SMILES string of the molecule is NC(=O)c1cccc(NC(=O)c2ccc(OC(F)(F)F)cc2)c1. The van der Waals surface area contributed by atoms with Crippen LogP contribution in [0.5, 0.6) is 5.75 Å². The molecule has 0 saturated heterocycles. The highest BCUT2D eigenvalue weighted by Gasteiger charge is 2.31. The van der Waals surface area contributed by atoms with Gasteiger partial charge in [-0.2, -0.15) is 0 Å². The minimum atomic E-state index is -4.79. The van der Waals surface area contributed by atoms with Gasteiger partial charge in [0.05, 0.1) is 0 Å². The second-order valence-corrected chi connectivity index (χ2v) is 4.47. The molecule has 0 spiro atoms. The molecule has 0 aromatic heterocycles. The van der Waals surface area contributed by atoms with Crippen LogP contribution in [0.4, 0.5) is 18.9 Å². The fourth-order valence-electron chi connectivity index (χ4n) is 1.76. The summed E-state index contributed by atoms with van der Waals surface area (Å²) in [5.41, 5.74) is 5.82. The predicted octanol–water partition coefficient (Wildman–Crippen LogP) is 2.94. The Balaban J connectivity index is 2.09. The van der Waals surface area contributed by atoms with Crippen molar-refractivity contribution in [2.45, 2.75) is 6.36 Å². The number of amides is 2. The summed E-state index contributed by atoms with van der Waals surface area (Å²) < 4.78 is 39.9. The zero-order chi connectivity index (χ0) is 17.0. The van der Waals surface area contributed by atoms with Crippen LogP contribution in [0.15, 0.2) is 48.5 Å². The van der Waals surface area contributed by atoms with E-state index in [0.717, 1.165) is 12.1 Å². The second kappa shape index (κ2) is 6.39. The lowest BCUT2D eigenvalue weighted by Crippen LogP contribution is -2.17. The summed E-state index contributed by atoms with van der Waals surface area (Å²) >= 11 is 0. The maximum Gasteiger partial charge on any atom is 0.573 e. The third-order valence-electron chi connectivity index (χ3n) is 2.76. The summed E-state index contributed by atoms with van der Waals surface area (Å²) in [4.78, 5) is 23.1. The molecule has 2 aromatic rings. The Labute approximate surface area is 128 Å². The normalized spacial score (nSPS) is 10.9. The number of benzene rings is 2. The number of ether oxygens (including phenoxy) is 1. The molecule has 0 atom stereocenters. The van der Waals surface area contributed by atoms with Gasteiger partial charge in [0, 0.05) is 16.8 Å². The fraction of sp³-hybridized carbons (Fsp3) is 0.0667. The average Bonchev–Trinajstić information content (AvgIpc) is 2.46. The van der Waals surface area contributed by atoms with E-state index in [-0.39, 0.29) is 11.1 Å². The number of rotatable bonds is 4. The van der Waals surface area contributed by atoms with Gasteiger partial charge in [-0.25, -0.2) is 0 Å². The number of nitrogens with two attached hydrogens (primary N) is 1. The lowest BCUT2D eigenvalue weighted by atomic mass is 10.1. The highest BCUT2D eigenvalue weighted by atomic mass is 19.4. The minimum absolute atomic E-state index is 0.129. The Hall–Kier alpha value is -3.03. The molecule has 0 heterocycles. The lowest BCUT2D eigenvalue weighted by molar-refractivity contribution is -0.274. The van der Waals surface area contributed by atoms with Gasteiger partial charge >= 0.3 is 6.36 Å². The molecule has 8 heteroatoms. The highest BCUT2D eigenvalue weighted by molar-refractivity contribution is 6.05. The van der Waals surface area contributed by atoms with Crippen LogP contribution < -0.4 is 15.8 Å². The number of carbonyl (C=O) groups excluding carboxylic acids is 2. The van der Waals surface area contributed by atoms with Crippen LogP contribution in [0.25, 0.3) is 0 Å².